The number of rotatable bonds is 7. The van der Waals surface area contributed by atoms with Crippen LogP contribution in [0.15, 0.2) is 127 Å². The van der Waals surface area contributed by atoms with Crippen LogP contribution in [-0.2, 0) is 20.2 Å². The summed E-state index contributed by atoms with van der Waals surface area (Å²) in [4.78, 5) is -0.757. The molecule has 242 valence electrons. The van der Waals surface area contributed by atoms with Crippen molar-refractivity contribution in [2.45, 2.75) is 23.6 Å². The molecule has 0 amide bonds. The first-order valence-corrected chi connectivity index (χ1v) is 17.2. The predicted molar refractivity (Wildman–Crippen MR) is 186 cm³/mol. The molecule has 48 heavy (non-hydrogen) atoms. The molecule has 6 aromatic rings. The lowest BCUT2D eigenvalue weighted by Gasteiger charge is -2.10. The van der Waals surface area contributed by atoms with Crippen LogP contribution in [0.5, 0.6) is 0 Å². The van der Waals surface area contributed by atoms with Crippen molar-refractivity contribution in [2.75, 3.05) is 11.5 Å². The lowest BCUT2D eigenvalue weighted by atomic mass is 10.0. The lowest BCUT2D eigenvalue weighted by molar-refractivity contribution is 0.482. The fourth-order valence-corrected chi connectivity index (χ4v) is 7.16. The van der Waals surface area contributed by atoms with E-state index < -0.39 is 20.2 Å². The number of nitrogens with two attached hydrogens (primary N) is 2. The van der Waals surface area contributed by atoms with Gasteiger partial charge in [0.2, 0.25) is 0 Å². The Morgan fingerprint density at radius 3 is 1.15 bits per heavy atom. The number of hydrogen-bond acceptors (Lipinski definition) is 10. The third kappa shape index (κ3) is 6.24. The first-order valence-electron chi connectivity index (χ1n) is 14.3. The molecule has 0 saturated heterocycles. The van der Waals surface area contributed by atoms with Gasteiger partial charge in [-0.3, -0.25) is 9.11 Å². The average Bonchev–Trinajstić information content (AvgIpc) is 3.02. The van der Waals surface area contributed by atoms with Crippen molar-refractivity contribution >= 4 is 75.9 Å². The Labute approximate surface area is 276 Å². The fraction of sp³-hybridized carbons (Fsp3) is 0.0588. The molecular formula is C34H28N6O6S2. The molecule has 14 heteroatoms. The van der Waals surface area contributed by atoms with Crippen LogP contribution in [0.1, 0.15) is 11.1 Å². The van der Waals surface area contributed by atoms with Gasteiger partial charge in [-0.15, -0.1) is 10.2 Å². The van der Waals surface area contributed by atoms with E-state index in [-0.39, 0.29) is 43.3 Å². The lowest BCUT2D eigenvalue weighted by Crippen LogP contribution is -2.01. The maximum atomic E-state index is 12.3. The molecule has 0 aliphatic rings. The average molecular weight is 681 g/mol. The molecule has 0 aliphatic carbocycles. The van der Waals surface area contributed by atoms with E-state index >= 15 is 0 Å². The summed E-state index contributed by atoms with van der Waals surface area (Å²) in [6.07, 6.45) is 0. The van der Waals surface area contributed by atoms with Gasteiger partial charge in [0.1, 0.15) is 21.2 Å². The minimum absolute atomic E-state index is 0.0901. The van der Waals surface area contributed by atoms with E-state index in [2.05, 4.69) is 20.5 Å². The molecule has 0 aliphatic heterocycles. The second-order valence-electron chi connectivity index (χ2n) is 11.1. The summed E-state index contributed by atoms with van der Waals surface area (Å²) in [6, 6.07) is 26.7. The highest BCUT2D eigenvalue weighted by molar-refractivity contribution is 7.86. The van der Waals surface area contributed by atoms with Gasteiger partial charge in [-0.1, -0.05) is 60.7 Å². The summed E-state index contributed by atoms with van der Waals surface area (Å²) in [7, 11) is -9.30. The van der Waals surface area contributed by atoms with E-state index in [0.29, 0.717) is 22.1 Å². The number of hydrogen-bond donors (Lipinski definition) is 4. The number of anilines is 2. The van der Waals surface area contributed by atoms with Crippen molar-refractivity contribution in [1.82, 2.24) is 0 Å². The van der Waals surface area contributed by atoms with E-state index in [9.17, 15) is 25.9 Å². The molecule has 0 unspecified atom stereocenters. The minimum Gasteiger partial charge on any atom is -0.398 e. The second kappa shape index (κ2) is 12.2. The molecule has 0 atom stereocenters. The Hall–Kier alpha value is -5.54. The highest BCUT2D eigenvalue weighted by Crippen LogP contribution is 2.39. The molecular weight excluding hydrogens is 653 g/mol. The Morgan fingerprint density at radius 1 is 0.479 bits per heavy atom. The molecule has 0 radical (unpaired) electrons. The number of nitrogen functional groups attached to an aromatic ring is 2. The topological polar surface area (TPSA) is 210 Å². The molecule has 6 aromatic carbocycles. The molecule has 0 saturated carbocycles. The molecule has 12 nitrogen and oxygen atoms in total. The van der Waals surface area contributed by atoms with Crippen LogP contribution in [0.2, 0.25) is 0 Å². The summed E-state index contributed by atoms with van der Waals surface area (Å²) in [5, 5.41) is 18.2. The van der Waals surface area contributed by atoms with Gasteiger partial charge in [-0.2, -0.15) is 27.1 Å². The smallest absolute Gasteiger partial charge is 0.297 e. The third-order valence-corrected chi connectivity index (χ3v) is 9.68. The standard InChI is InChI=1S/C34H28N6O6S2/c1-19-15-21(11-13-29(19)37-39-31-17-27(35)23-7-3-5-9-25(23)33(31)47(41,42)43)22-12-14-30(20(2)16-22)38-40-32-18-28(36)24-8-4-6-10-26(24)34(32)48(44,45)46/h3-18H,35-36H2,1-2H3,(H,41,42,43)(H,44,45,46). The van der Waals surface area contributed by atoms with Crippen molar-refractivity contribution in [3.63, 3.8) is 0 Å². The predicted octanol–water partition coefficient (Wildman–Crippen LogP) is 8.77. The zero-order valence-electron chi connectivity index (χ0n) is 25.5. The molecule has 0 bridgehead atoms. The summed E-state index contributed by atoms with van der Waals surface area (Å²) >= 11 is 0. The van der Waals surface area contributed by atoms with Crippen molar-refractivity contribution in [3.05, 3.63) is 108 Å². The van der Waals surface area contributed by atoms with E-state index in [1.165, 1.54) is 12.1 Å². The molecule has 6 N–H and O–H groups in total. The normalized spacial score (nSPS) is 12.5. The summed E-state index contributed by atoms with van der Waals surface area (Å²) < 4.78 is 69.2. The van der Waals surface area contributed by atoms with E-state index in [1.54, 1.807) is 60.7 Å². The van der Waals surface area contributed by atoms with Crippen molar-refractivity contribution in [1.29, 1.82) is 0 Å². The summed E-state index contributed by atoms with van der Waals surface area (Å²) in [6.45, 7) is 3.65. The van der Waals surface area contributed by atoms with Gasteiger partial charge in [0.25, 0.3) is 20.2 Å². The Bertz CT molecular complexity index is 2390. The molecule has 6 rings (SSSR count). The van der Waals surface area contributed by atoms with Gasteiger partial charge in [-0.05, 0) is 72.5 Å². The van der Waals surface area contributed by atoms with Gasteiger partial charge in [0.15, 0.2) is 0 Å². The fourth-order valence-electron chi connectivity index (χ4n) is 5.52. The second-order valence-corrected chi connectivity index (χ2v) is 13.8. The van der Waals surface area contributed by atoms with Gasteiger partial charge >= 0.3 is 0 Å². The van der Waals surface area contributed by atoms with Gasteiger partial charge in [0.05, 0.1) is 11.4 Å². The molecule has 0 aromatic heterocycles. The number of benzene rings is 6. The largest absolute Gasteiger partial charge is 0.398 e. The Morgan fingerprint density at radius 2 is 0.812 bits per heavy atom. The van der Waals surface area contributed by atoms with Crippen LogP contribution >= 0.6 is 0 Å². The van der Waals surface area contributed by atoms with E-state index in [1.807, 2.05) is 38.1 Å². The van der Waals surface area contributed by atoms with Crippen molar-refractivity contribution in [3.8, 4) is 11.1 Å². The zero-order chi connectivity index (χ0) is 34.4. The summed E-state index contributed by atoms with van der Waals surface area (Å²) in [5.41, 5.74) is 16.8. The number of azo groups is 2. The number of nitrogens with zero attached hydrogens (tertiary/aromatic N) is 4. The monoisotopic (exact) mass is 680 g/mol. The Balaban J connectivity index is 1.30. The number of fused-ring (bicyclic) bond motifs is 2. The van der Waals surface area contributed by atoms with E-state index in [4.69, 9.17) is 11.5 Å². The van der Waals surface area contributed by atoms with Gasteiger partial charge in [-0.25, -0.2) is 0 Å². The Kier molecular flexibility index (Phi) is 8.26. The van der Waals surface area contributed by atoms with Crippen LogP contribution in [-0.4, -0.2) is 25.9 Å². The minimum atomic E-state index is -4.65. The molecule has 0 spiro atoms. The SMILES string of the molecule is Cc1cc(-c2ccc(N=Nc3cc(N)c4ccccc4c3S(=O)(=O)O)c(C)c2)ccc1N=Nc1cc(N)c2ccccc2c1S(=O)(=O)O. The van der Waals surface area contributed by atoms with Crippen LogP contribution in [0.4, 0.5) is 34.1 Å². The van der Waals surface area contributed by atoms with E-state index in [0.717, 1.165) is 22.3 Å². The summed E-state index contributed by atoms with van der Waals surface area (Å²) in [5.74, 6) is 0. The van der Waals surface area contributed by atoms with Crippen LogP contribution < -0.4 is 11.5 Å². The first-order chi connectivity index (χ1) is 22.7. The maximum Gasteiger partial charge on any atom is 0.297 e. The van der Waals surface area contributed by atoms with Crippen molar-refractivity contribution in [2.24, 2.45) is 20.5 Å². The highest BCUT2D eigenvalue weighted by atomic mass is 32.2. The maximum absolute atomic E-state index is 12.3. The first kappa shape index (κ1) is 32.4. The molecule has 0 fully saturated rings. The zero-order valence-corrected chi connectivity index (χ0v) is 27.2. The highest BCUT2D eigenvalue weighted by Gasteiger charge is 2.23. The van der Waals surface area contributed by atoms with Gasteiger partial charge < -0.3 is 11.5 Å². The van der Waals surface area contributed by atoms with Gasteiger partial charge in [0, 0.05) is 32.9 Å². The molecule has 0 heterocycles. The third-order valence-electron chi connectivity index (χ3n) is 7.79. The quantitative estimate of drug-likeness (QED) is 0.0725. The number of aryl methyl sites for hydroxylation is 2. The van der Waals surface area contributed by atoms with Crippen molar-refractivity contribution < 1.29 is 25.9 Å². The van der Waals surface area contributed by atoms with Crippen LogP contribution in [0.3, 0.4) is 0 Å². The van der Waals surface area contributed by atoms with Crippen LogP contribution in [0.25, 0.3) is 32.7 Å². The van der Waals surface area contributed by atoms with Crippen LogP contribution in [0, 0.1) is 13.8 Å².